The molecular formula is C7H15N5. The normalized spacial score (nSPS) is 11.1. The first-order chi connectivity index (χ1) is 5.63. The van der Waals surface area contributed by atoms with Crippen LogP contribution in [-0.4, -0.2) is 21.5 Å². The number of hydrogen-bond acceptors (Lipinski definition) is 4. The highest BCUT2D eigenvalue weighted by Crippen LogP contribution is 2.02. The van der Waals surface area contributed by atoms with Crippen LogP contribution in [-0.2, 0) is 13.6 Å². The van der Waals surface area contributed by atoms with Crippen LogP contribution < -0.4 is 11.6 Å². The topological polar surface area (TPSA) is 73.1 Å². The lowest BCUT2D eigenvalue weighted by molar-refractivity contribution is 0.279. The molecule has 5 heteroatoms. The Hall–Kier alpha value is -0.910. The van der Waals surface area contributed by atoms with E-state index in [4.69, 9.17) is 11.6 Å². The zero-order valence-electron chi connectivity index (χ0n) is 7.49. The van der Waals surface area contributed by atoms with Crippen LogP contribution in [0.1, 0.15) is 11.4 Å². The molecule has 0 amide bonds. The number of hydrogen-bond donors (Lipinski definition) is 2. The number of nitrogens with two attached hydrogens (primary N) is 2. The molecule has 0 aliphatic rings. The maximum atomic E-state index is 5.52. The summed E-state index contributed by atoms with van der Waals surface area (Å²) in [7, 11) is 1.90. The van der Waals surface area contributed by atoms with Crippen LogP contribution in [0.15, 0.2) is 6.07 Å². The van der Waals surface area contributed by atoms with Gasteiger partial charge < -0.3 is 5.73 Å². The molecule has 1 heterocycles. The molecule has 0 spiro atoms. The second-order valence-corrected chi connectivity index (χ2v) is 2.83. The van der Waals surface area contributed by atoms with E-state index in [1.807, 2.05) is 24.7 Å². The van der Waals surface area contributed by atoms with Gasteiger partial charge in [0.2, 0.25) is 0 Å². The molecule has 0 atom stereocenters. The Balaban J connectivity index is 2.64. The fourth-order valence-corrected chi connectivity index (χ4v) is 0.985. The lowest BCUT2D eigenvalue weighted by Crippen LogP contribution is -2.35. The zero-order chi connectivity index (χ0) is 9.14. The molecule has 0 aliphatic carbocycles. The van der Waals surface area contributed by atoms with E-state index in [9.17, 15) is 0 Å². The number of rotatable bonds is 3. The predicted molar refractivity (Wildman–Crippen MR) is 46.7 cm³/mol. The molecule has 0 fully saturated rings. The van der Waals surface area contributed by atoms with Crippen LogP contribution in [0, 0.1) is 6.92 Å². The third-order valence-corrected chi connectivity index (χ3v) is 1.76. The SMILES string of the molecule is Cc1cc(CN(N)CN)nn1C. The standard InChI is InChI=1S/C7H15N5/c1-6-3-7(10-11(6)2)4-12(9)5-8/h3H,4-5,8-9H2,1-2H3. The van der Waals surface area contributed by atoms with Gasteiger partial charge in [-0.15, -0.1) is 0 Å². The van der Waals surface area contributed by atoms with Crippen LogP contribution in [0.25, 0.3) is 0 Å². The van der Waals surface area contributed by atoms with E-state index >= 15 is 0 Å². The minimum absolute atomic E-state index is 0.343. The molecule has 0 bridgehead atoms. The molecular weight excluding hydrogens is 154 g/mol. The van der Waals surface area contributed by atoms with Crippen molar-refractivity contribution in [3.05, 3.63) is 17.5 Å². The highest BCUT2D eigenvalue weighted by Gasteiger charge is 2.03. The number of hydrazine groups is 1. The zero-order valence-corrected chi connectivity index (χ0v) is 7.49. The minimum Gasteiger partial charge on any atom is -0.317 e. The van der Waals surface area contributed by atoms with Gasteiger partial charge in [-0.2, -0.15) is 5.10 Å². The third-order valence-electron chi connectivity index (χ3n) is 1.76. The van der Waals surface area contributed by atoms with Gasteiger partial charge in [0.25, 0.3) is 0 Å². The van der Waals surface area contributed by atoms with Crippen molar-refractivity contribution in [1.29, 1.82) is 0 Å². The van der Waals surface area contributed by atoms with E-state index in [-0.39, 0.29) is 0 Å². The number of aryl methyl sites for hydroxylation is 2. The van der Waals surface area contributed by atoms with Crippen LogP contribution in [0.5, 0.6) is 0 Å². The highest BCUT2D eigenvalue weighted by atomic mass is 15.4. The highest BCUT2D eigenvalue weighted by molar-refractivity contribution is 5.07. The number of aromatic nitrogens is 2. The van der Waals surface area contributed by atoms with Crippen LogP contribution in [0.3, 0.4) is 0 Å². The summed E-state index contributed by atoms with van der Waals surface area (Å²) in [5.74, 6) is 5.52. The molecule has 0 aromatic carbocycles. The van der Waals surface area contributed by atoms with Gasteiger partial charge in [0.15, 0.2) is 0 Å². The lowest BCUT2D eigenvalue weighted by atomic mass is 10.4. The number of nitrogens with zero attached hydrogens (tertiary/aromatic N) is 3. The van der Waals surface area contributed by atoms with Gasteiger partial charge in [0.1, 0.15) is 0 Å². The van der Waals surface area contributed by atoms with Crippen molar-refractivity contribution < 1.29 is 0 Å². The Kier molecular flexibility index (Phi) is 2.80. The Morgan fingerprint density at radius 1 is 1.67 bits per heavy atom. The van der Waals surface area contributed by atoms with E-state index in [1.165, 1.54) is 5.01 Å². The molecule has 0 aliphatic heterocycles. The van der Waals surface area contributed by atoms with E-state index in [2.05, 4.69) is 5.10 Å². The summed E-state index contributed by atoms with van der Waals surface area (Å²) in [6.45, 7) is 2.94. The Morgan fingerprint density at radius 3 is 2.75 bits per heavy atom. The molecule has 0 saturated carbocycles. The quantitative estimate of drug-likeness (QED) is 0.357. The summed E-state index contributed by atoms with van der Waals surface area (Å²) in [6.07, 6.45) is 0. The monoisotopic (exact) mass is 169 g/mol. The average Bonchev–Trinajstić information content (AvgIpc) is 2.31. The van der Waals surface area contributed by atoms with Crippen LogP contribution in [0.4, 0.5) is 0 Å². The maximum absolute atomic E-state index is 5.52. The first-order valence-corrected chi connectivity index (χ1v) is 3.82. The molecule has 68 valence electrons. The Labute approximate surface area is 71.9 Å². The summed E-state index contributed by atoms with van der Waals surface area (Å²) >= 11 is 0. The van der Waals surface area contributed by atoms with Gasteiger partial charge in [-0.3, -0.25) is 10.5 Å². The summed E-state index contributed by atoms with van der Waals surface area (Å²) in [4.78, 5) is 0. The van der Waals surface area contributed by atoms with Gasteiger partial charge >= 0.3 is 0 Å². The van der Waals surface area contributed by atoms with Crippen LogP contribution in [0.2, 0.25) is 0 Å². The average molecular weight is 169 g/mol. The fourth-order valence-electron chi connectivity index (χ4n) is 0.985. The van der Waals surface area contributed by atoms with E-state index < -0.39 is 0 Å². The molecule has 1 aromatic rings. The third kappa shape index (κ3) is 2.04. The van der Waals surface area contributed by atoms with E-state index in [0.717, 1.165) is 11.4 Å². The minimum atomic E-state index is 0.343. The largest absolute Gasteiger partial charge is 0.317 e. The van der Waals surface area contributed by atoms with Gasteiger partial charge in [-0.05, 0) is 13.0 Å². The summed E-state index contributed by atoms with van der Waals surface area (Å²) < 4.78 is 1.82. The molecule has 0 radical (unpaired) electrons. The summed E-state index contributed by atoms with van der Waals surface area (Å²) in [5.41, 5.74) is 7.40. The Bertz CT molecular complexity index is 235. The molecule has 12 heavy (non-hydrogen) atoms. The first kappa shape index (κ1) is 9.18. The smallest absolute Gasteiger partial charge is 0.0782 e. The summed E-state index contributed by atoms with van der Waals surface area (Å²) in [6, 6.07) is 2.00. The van der Waals surface area contributed by atoms with Crippen molar-refractivity contribution in [3.8, 4) is 0 Å². The maximum Gasteiger partial charge on any atom is 0.0782 e. The van der Waals surface area contributed by atoms with Crippen LogP contribution >= 0.6 is 0 Å². The molecule has 4 N–H and O–H groups in total. The Morgan fingerprint density at radius 2 is 2.33 bits per heavy atom. The molecule has 1 rings (SSSR count). The van der Waals surface area contributed by atoms with Gasteiger partial charge in [0, 0.05) is 12.7 Å². The molecule has 5 nitrogen and oxygen atoms in total. The van der Waals surface area contributed by atoms with Crippen molar-refractivity contribution in [3.63, 3.8) is 0 Å². The van der Waals surface area contributed by atoms with Gasteiger partial charge in [-0.25, -0.2) is 5.01 Å². The van der Waals surface area contributed by atoms with Crippen molar-refractivity contribution >= 4 is 0 Å². The second kappa shape index (κ2) is 3.66. The second-order valence-electron chi connectivity index (χ2n) is 2.83. The molecule has 1 aromatic heterocycles. The predicted octanol–water partition coefficient (Wildman–Crippen LogP) is -0.680. The molecule has 0 unspecified atom stereocenters. The van der Waals surface area contributed by atoms with Gasteiger partial charge in [-0.1, -0.05) is 0 Å². The first-order valence-electron chi connectivity index (χ1n) is 3.82. The van der Waals surface area contributed by atoms with Gasteiger partial charge in [0.05, 0.1) is 18.9 Å². The lowest BCUT2D eigenvalue weighted by Gasteiger charge is -2.10. The van der Waals surface area contributed by atoms with Crippen molar-refractivity contribution in [2.24, 2.45) is 18.6 Å². The van der Waals surface area contributed by atoms with Crippen molar-refractivity contribution in [1.82, 2.24) is 14.8 Å². The fraction of sp³-hybridized carbons (Fsp3) is 0.571. The van der Waals surface area contributed by atoms with Crippen molar-refractivity contribution in [2.45, 2.75) is 13.5 Å². The summed E-state index contributed by atoms with van der Waals surface area (Å²) in [5, 5.41) is 5.75. The molecule has 0 saturated heterocycles. The van der Waals surface area contributed by atoms with E-state index in [0.29, 0.717) is 13.2 Å². The van der Waals surface area contributed by atoms with Crippen molar-refractivity contribution in [2.75, 3.05) is 6.67 Å². The van der Waals surface area contributed by atoms with E-state index in [1.54, 1.807) is 0 Å².